The van der Waals surface area contributed by atoms with E-state index in [1.165, 1.54) is 35.9 Å². The number of alkyl halides is 6. The number of likely N-dealkylation sites (tertiary alicyclic amines) is 1. The first-order chi connectivity index (χ1) is 17.2. The number of rotatable bonds is 2. The molecule has 1 aliphatic heterocycles. The van der Waals surface area contributed by atoms with E-state index in [0.29, 0.717) is 13.1 Å². The lowest BCUT2D eigenvalue weighted by atomic mass is 9.73. The average molecular weight is 593 g/mol. The molecule has 1 heterocycles. The highest BCUT2D eigenvalue weighted by Crippen LogP contribution is 2.52. The van der Waals surface area contributed by atoms with Crippen molar-refractivity contribution in [3.05, 3.63) is 75.3 Å². The van der Waals surface area contributed by atoms with E-state index < -0.39 is 23.9 Å². The highest BCUT2D eigenvalue weighted by atomic mass is 79.9. The van der Waals surface area contributed by atoms with E-state index in [4.69, 9.17) is 15.6 Å². The minimum atomic E-state index is -5.08. The van der Waals surface area contributed by atoms with Gasteiger partial charge in [0.2, 0.25) is 5.91 Å². The molecule has 2 aromatic rings. The number of carbonyl (C=O) groups excluding carboxylic acids is 1. The molecule has 5 nitrogen and oxygen atoms in total. The van der Waals surface area contributed by atoms with Crippen molar-refractivity contribution in [1.29, 1.82) is 0 Å². The number of hydrogen-bond acceptors (Lipinski definition) is 3. The molecule has 0 saturated carbocycles. The molecule has 2 aliphatic rings. The first kappa shape index (κ1) is 28.7. The zero-order valence-electron chi connectivity index (χ0n) is 19.2. The molecule has 1 aliphatic carbocycles. The molecule has 0 radical (unpaired) electrons. The number of benzene rings is 2. The molecule has 1 atom stereocenters. The van der Waals surface area contributed by atoms with Crippen LogP contribution < -0.4 is 5.73 Å². The number of amides is 1. The summed E-state index contributed by atoms with van der Waals surface area (Å²) in [5.74, 6) is -3.02. The van der Waals surface area contributed by atoms with Crippen molar-refractivity contribution in [2.24, 2.45) is 5.73 Å². The van der Waals surface area contributed by atoms with Gasteiger partial charge in [-0.2, -0.15) is 26.3 Å². The predicted octanol–water partition coefficient (Wildman–Crippen LogP) is 6.08. The van der Waals surface area contributed by atoms with Crippen molar-refractivity contribution >= 4 is 33.9 Å². The van der Waals surface area contributed by atoms with E-state index in [0.717, 1.165) is 35.4 Å². The minimum Gasteiger partial charge on any atom is -0.475 e. The quantitative estimate of drug-likeness (QED) is 0.327. The Morgan fingerprint density at radius 3 is 2.19 bits per heavy atom. The minimum absolute atomic E-state index is 0.00791. The molecule has 37 heavy (non-hydrogen) atoms. The van der Waals surface area contributed by atoms with Gasteiger partial charge in [0, 0.05) is 35.1 Å². The number of piperidine rings is 1. The third-order valence-corrected chi connectivity index (χ3v) is 7.19. The van der Waals surface area contributed by atoms with Crippen LogP contribution in [-0.2, 0) is 21.2 Å². The Bertz CT molecular complexity index is 1190. The number of carbonyl (C=O) groups is 2. The number of carboxylic acids is 1. The molecule has 1 amide bonds. The van der Waals surface area contributed by atoms with Crippen LogP contribution in [0.15, 0.2) is 53.0 Å². The van der Waals surface area contributed by atoms with E-state index in [9.17, 15) is 31.1 Å². The molecule has 4 rings (SSSR count). The van der Waals surface area contributed by atoms with Gasteiger partial charge in [-0.05, 0) is 54.2 Å². The third kappa shape index (κ3) is 6.53. The maximum absolute atomic E-state index is 13.1. The number of nitrogens with zero attached hydrogens (tertiary/aromatic N) is 1. The van der Waals surface area contributed by atoms with Gasteiger partial charge in [0.25, 0.3) is 0 Å². The van der Waals surface area contributed by atoms with Gasteiger partial charge in [0.05, 0.1) is 5.56 Å². The molecule has 200 valence electrons. The molecule has 1 fully saturated rings. The van der Waals surface area contributed by atoms with Crippen LogP contribution in [-0.4, -0.2) is 41.1 Å². The van der Waals surface area contributed by atoms with Gasteiger partial charge in [-0.15, -0.1) is 0 Å². The molecule has 0 aromatic heterocycles. The van der Waals surface area contributed by atoms with Crippen LogP contribution in [0.5, 0.6) is 0 Å². The van der Waals surface area contributed by atoms with Crippen molar-refractivity contribution in [3.63, 3.8) is 0 Å². The average Bonchev–Trinajstić information content (AvgIpc) is 3.09. The zero-order valence-corrected chi connectivity index (χ0v) is 20.8. The van der Waals surface area contributed by atoms with Crippen LogP contribution >= 0.6 is 15.9 Å². The SMILES string of the molecule is NC1CC2(CCN(C(=O)/C=C/c3ccccc3C(F)(F)F)CC2)c2c(Br)cccc21.O=C(O)C(F)(F)F. The van der Waals surface area contributed by atoms with Crippen molar-refractivity contribution in [1.82, 2.24) is 4.90 Å². The summed E-state index contributed by atoms with van der Waals surface area (Å²) < 4.78 is 72.2. The van der Waals surface area contributed by atoms with Gasteiger partial charge in [-0.1, -0.05) is 46.3 Å². The van der Waals surface area contributed by atoms with Gasteiger partial charge >= 0.3 is 18.3 Å². The molecule has 1 spiro atoms. The summed E-state index contributed by atoms with van der Waals surface area (Å²) >= 11 is 3.66. The number of nitrogens with two attached hydrogens (primary N) is 1. The summed E-state index contributed by atoms with van der Waals surface area (Å²) in [6.45, 7) is 1.11. The number of aliphatic carboxylic acids is 1. The largest absolute Gasteiger partial charge is 0.490 e. The van der Waals surface area contributed by atoms with E-state index >= 15 is 0 Å². The molecule has 2 aromatic carbocycles. The summed E-state index contributed by atoms with van der Waals surface area (Å²) in [6.07, 6.45) is -4.62. The monoisotopic (exact) mass is 592 g/mol. The molecule has 0 bridgehead atoms. The smallest absolute Gasteiger partial charge is 0.475 e. The lowest BCUT2D eigenvalue weighted by Crippen LogP contribution is -2.44. The topological polar surface area (TPSA) is 83.6 Å². The Kier molecular flexibility index (Phi) is 8.43. The lowest BCUT2D eigenvalue weighted by molar-refractivity contribution is -0.192. The van der Waals surface area contributed by atoms with E-state index in [1.54, 1.807) is 4.90 Å². The third-order valence-electron chi connectivity index (χ3n) is 6.53. The fourth-order valence-electron chi connectivity index (χ4n) is 4.82. The van der Waals surface area contributed by atoms with Crippen molar-refractivity contribution in [3.8, 4) is 0 Å². The van der Waals surface area contributed by atoms with Crippen molar-refractivity contribution in [2.75, 3.05) is 13.1 Å². The lowest BCUT2D eigenvalue weighted by Gasteiger charge is -2.40. The molecule has 1 saturated heterocycles. The normalized spacial score (nSPS) is 18.9. The second-order valence-corrected chi connectivity index (χ2v) is 9.70. The second kappa shape index (κ2) is 10.9. The first-order valence-corrected chi connectivity index (χ1v) is 11.9. The fraction of sp³-hybridized carbons (Fsp3) is 0.360. The number of hydrogen-bond donors (Lipinski definition) is 2. The number of carboxylic acid groups (broad SMARTS) is 1. The number of halogens is 7. The van der Waals surface area contributed by atoms with Crippen LogP contribution in [0, 0.1) is 0 Å². The van der Waals surface area contributed by atoms with Crippen molar-refractivity contribution in [2.45, 2.75) is 43.1 Å². The fourth-order valence-corrected chi connectivity index (χ4v) is 5.62. The molecule has 1 unspecified atom stereocenters. The maximum Gasteiger partial charge on any atom is 0.490 e. The molecular weight excluding hydrogens is 570 g/mol. The maximum atomic E-state index is 13.1. The summed E-state index contributed by atoms with van der Waals surface area (Å²) in [5.41, 5.74) is 7.97. The van der Waals surface area contributed by atoms with Gasteiger partial charge < -0.3 is 15.7 Å². The van der Waals surface area contributed by atoms with Crippen LogP contribution in [0.3, 0.4) is 0 Å². The predicted molar refractivity (Wildman–Crippen MR) is 127 cm³/mol. The summed E-state index contributed by atoms with van der Waals surface area (Å²) in [4.78, 5) is 23.2. The van der Waals surface area contributed by atoms with E-state index in [2.05, 4.69) is 22.0 Å². The molecule has 3 N–H and O–H groups in total. The van der Waals surface area contributed by atoms with Crippen LogP contribution in [0.2, 0.25) is 0 Å². The van der Waals surface area contributed by atoms with Crippen LogP contribution in [0.25, 0.3) is 6.08 Å². The Balaban J connectivity index is 0.000000479. The van der Waals surface area contributed by atoms with Gasteiger partial charge in [-0.3, -0.25) is 4.79 Å². The standard InChI is InChI=1S/C23H22BrF3N2O.C2HF3O2/c24-18-7-3-5-16-19(28)14-22(21(16)18)10-12-29(13-11-22)20(30)9-8-15-4-1-2-6-17(15)23(25,26)27;3-2(4,5)1(6)7/h1-9,19H,10-14,28H2;(H,6,7)/b9-8+;. The summed E-state index contributed by atoms with van der Waals surface area (Å²) in [5, 5.41) is 7.12. The van der Waals surface area contributed by atoms with E-state index in [-0.39, 0.29) is 22.9 Å². The van der Waals surface area contributed by atoms with Crippen LogP contribution in [0.1, 0.15) is 47.6 Å². The van der Waals surface area contributed by atoms with Crippen molar-refractivity contribution < 1.29 is 41.0 Å². The summed E-state index contributed by atoms with van der Waals surface area (Å²) in [7, 11) is 0. The van der Waals surface area contributed by atoms with E-state index in [1.807, 2.05) is 12.1 Å². The second-order valence-electron chi connectivity index (χ2n) is 8.84. The van der Waals surface area contributed by atoms with Gasteiger partial charge in [0.1, 0.15) is 0 Å². The first-order valence-electron chi connectivity index (χ1n) is 11.1. The highest BCUT2D eigenvalue weighted by molar-refractivity contribution is 9.10. The molecule has 12 heteroatoms. The zero-order chi connectivity index (χ0) is 27.6. The Morgan fingerprint density at radius 2 is 1.62 bits per heavy atom. The summed E-state index contributed by atoms with van der Waals surface area (Å²) in [6, 6.07) is 11.3. The Morgan fingerprint density at radius 1 is 1.03 bits per heavy atom. The Labute approximate surface area is 217 Å². The Hall–Kier alpha value is -2.86. The number of fused-ring (bicyclic) bond motifs is 2. The molecular formula is C25H23BrF6N2O3. The van der Waals surface area contributed by atoms with Gasteiger partial charge in [0.15, 0.2) is 0 Å². The highest BCUT2D eigenvalue weighted by Gasteiger charge is 2.46. The van der Waals surface area contributed by atoms with Crippen LogP contribution in [0.4, 0.5) is 26.3 Å². The van der Waals surface area contributed by atoms with Gasteiger partial charge in [-0.25, -0.2) is 4.79 Å².